The lowest BCUT2D eigenvalue weighted by Crippen LogP contribution is -2.55. The highest BCUT2D eigenvalue weighted by Crippen LogP contribution is 2.35. The fourth-order valence-electron chi connectivity index (χ4n) is 4.14. The van der Waals surface area contributed by atoms with Crippen LogP contribution in [0, 0.1) is 5.92 Å². The fraction of sp³-hybridized carbons (Fsp3) is 0.708. The zero-order valence-corrected chi connectivity index (χ0v) is 20.9. The van der Waals surface area contributed by atoms with Crippen molar-refractivity contribution in [1.82, 2.24) is 4.90 Å². The second kappa shape index (κ2) is 13.3. The van der Waals surface area contributed by atoms with Gasteiger partial charge in [-0.2, -0.15) is 0 Å². The number of hydrogen-bond donors (Lipinski definition) is 1. The first-order valence-electron chi connectivity index (χ1n) is 11.5. The first kappa shape index (κ1) is 29.4. The minimum absolute atomic E-state index is 0.101. The summed E-state index contributed by atoms with van der Waals surface area (Å²) in [5, 5.41) is 8.78. The molecule has 1 aliphatic rings. The molecule has 1 N–H and O–H groups in total. The van der Waals surface area contributed by atoms with Crippen molar-refractivity contribution in [1.29, 1.82) is 0 Å². The molecule has 192 valence electrons. The Morgan fingerprint density at radius 3 is 2.24 bits per heavy atom. The SMILES string of the molecule is CO[C@H](C(=O)N1C(=O)OC(C)(C)[C@@H]1C(C)C)[C@H](OC(C)=O)C(=O)C=CC(=O)CCCCCCO. The van der Waals surface area contributed by atoms with Crippen molar-refractivity contribution in [3.63, 3.8) is 0 Å². The van der Waals surface area contributed by atoms with Gasteiger partial charge in [-0.05, 0) is 44.8 Å². The van der Waals surface area contributed by atoms with Crippen molar-refractivity contribution in [2.45, 2.75) is 90.6 Å². The molecule has 3 atom stereocenters. The Morgan fingerprint density at radius 1 is 1.09 bits per heavy atom. The Morgan fingerprint density at radius 2 is 1.71 bits per heavy atom. The molecule has 2 amide bonds. The van der Waals surface area contributed by atoms with E-state index in [0.717, 1.165) is 43.9 Å². The van der Waals surface area contributed by atoms with Crippen molar-refractivity contribution in [2.75, 3.05) is 13.7 Å². The average molecular weight is 484 g/mol. The lowest BCUT2D eigenvalue weighted by molar-refractivity contribution is -0.166. The van der Waals surface area contributed by atoms with E-state index in [2.05, 4.69) is 0 Å². The molecular formula is C24H37NO9. The lowest BCUT2D eigenvalue weighted by atomic mass is 9.88. The number of cyclic esters (lactones) is 1. The van der Waals surface area contributed by atoms with Gasteiger partial charge in [0.05, 0.1) is 6.04 Å². The number of imide groups is 1. The molecule has 1 heterocycles. The van der Waals surface area contributed by atoms with Crippen molar-refractivity contribution in [3.05, 3.63) is 12.2 Å². The van der Waals surface area contributed by atoms with E-state index in [9.17, 15) is 24.0 Å². The van der Waals surface area contributed by atoms with Crippen LogP contribution >= 0.6 is 0 Å². The maximum atomic E-state index is 13.3. The van der Waals surface area contributed by atoms with Gasteiger partial charge in [0, 0.05) is 27.1 Å². The van der Waals surface area contributed by atoms with Gasteiger partial charge in [-0.1, -0.05) is 26.7 Å². The third-order valence-corrected chi connectivity index (χ3v) is 5.52. The van der Waals surface area contributed by atoms with Gasteiger partial charge in [0.1, 0.15) is 5.60 Å². The number of unbranched alkanes of at least 4 members (excludes halogenated alkanes) is 3. The Kier molecular flexibility index (Phi) is 11.5. The minimum atomic E-state index is -1.69. The molecule has 0 aliphatic carbocycles. The summed E-state index contributed by atoms with van der Waals surface area (Å²) in [6, 6.07) is -0.638. The minimum Gasteiger partial charge on any atom is -0.451 e. The number of hydrogen-bond acceptors (Lipinski definition) is 9. The number of esters is 1. The van der Waals surface area contributed by atoms with E-state index in [1.54, 1.807) is 13.8 Å². The van der Waals surface area contributed by atoms with Gasteiger partial charge in [-0.25, -0.2) is 9.69 Å². The highest BCUT2D eigenvalue weighted by Gasteiger charge is 2.54. The first-order chi connectivity index (χ1) is 15.9. The number of ketones is 2. The van der Waals surface area contributed by atoms with Crippen LogP contribution in [0.1, 0.15) is 66.7 Å². The second-order valence-corrected chi connectivity index (χ2v) is 9.14. The molecule has 0 radical (unpaired) electrons. The number of methoxy groups -OCH3 is 1. The summed E-state index contributed by atoms with van der Waals surface area (Å²) < 4.78 is 15.7. The maximum Gasteiger partial charge on any atom is 0.417 e. The molecule has 1 aliphatic heterocycles. The maximum absolute atomic E-state index is 13.3. The molecule has 0 saturated carbocycles. The Hall–Kier alpha value is -2.59. The second-order valence-electron chi connectivity index (χ2n) is 9.14. The summed E-state index contributed by atoms with van der Waals surface area (Å²) in [5.41, 5.74) is -0.969. The van der Waals surface area contributed by atoms with Crippen LogP contribution in [-0.4, -0.2) is 77.1 Å². The van der Waals surface area contributed by atoms with Crippen LogP contribution in [0.25, 0.3) is 0 Å². The zero-order valence-electron chi connectivity index (χ0n) is 20.9. The van der Waals surface area contributed by atoms with E-state index in [0.29, 0.717) is 12.8 Å². The topological polar surface area (TPSA) is 137 Å². The Balaban J connectivity index is 3.04. The zero-order chi connectivity index (χ0) is 26.1. The van der Waals surface area contributed by atoms with E-state index in [-0.39, 0.29) is 24.7 Å². The largest absolute Gasteiger partial charge is 0.451 e. The van der Waals surface area contributed by atoms with Gasteiger partial charge in [-0.3, -0.25) is 19.2 Å². The molecule has 0 aromatic carbocycles. The van der Waals surface area contributed by atoms with Gasteiger partial charge in [0.25, 0.3) is 5.91 Å². The van der Waals surface area contributed by atoms with Gasteiger partial charge < -0.3 is 19.3 Å². The number of aliphatic hydroxyl groups is 1. The molecule has 1 rings (SSSR count). The smallest absolute Gasteiger partial charge is 0.417 e. The normalized spacial score (nSPS) is 19.2. The number of aliphatic hydroxyl groups excluding tert-OH is 1. The van der Waals surface area contributed by atoms with E-state index in [1.807, 2.05) is 13.8 Å². The predicted molar refractivity (Wildman–Crippen MR) is 122 cm³/mol. The van der Waals surface area contributed by atoms with Crippen molar-refractivity contribution in [2.24, 2.45) is 5.92 Å². The number of carbonyl (C=O) groups excluding carboxylic acids is 5. The van der Waals surface area contributed by atoms with Crippen LogP contribution in [0.15, 0.2) is 12.2 Å². The Bertz CT molecular complexity index is 787. The highest BCUT2D eigenvalue weighted by molar-refractivity contribution is 6.05. The van der Waals surface area contributed by atoms with Crippen LogP contribution in [0.5, 0.6) is 0 Å². The van der Waals surface area contributed by atoms with Gasteiger partial charge in [0.2, 0.25) is 0 Å². The average Bonchev–Trinajstić information content (AvgIpc) is 2.99. The molecule has 10 heteroatoms. The van der Waals surface area contributed by atoms with Crippen molar-refractivity contribution < 1.29 is 43.3 Å². The molecule has 0 aromatic heterocycles. The molecule has 0 bridgehead atoms. The fourth-order valence-corrected chi connectivity index (χ4v) is 4.14. The van der Waals surface area contributed by atoms with Gasteiger partial charge in [-0.15, -0.1) is 0 Å². The summed E-state index contributed by atoms with van der Waals surface area (Å²) in [7, 11) is 1.16. The number of carbonyl (C=O) groups is 5. The summed E-state index contributed by atoms with van der Waals surface area (Å²) in [4.78, 5) is 63.3. The van der Waals surface area contributed by atoms with Crippen LogP contribution in [0.3, 0.4) is 0 Å². The molecule has 1 saturated heterocycles. The number of allylic oxidation sites excluding steroid dienone is 1. The molecule has 0 aromatic rings. The molecule has 34 heavy (non-hydrogen) atoms. The van der Waals surface area contributed by atoms with Crippen LogP contribution in [0.4, 0.5) is 4.79 Å². The third kappa shape index (κ3) is 8.02. The predicted octanol–water partition coefficient (Wildman–Crippen LogP) is 2.35. The highest BCUT2D eigenvalue weighted by atomic mass is 16.6. The molecular weight excluding hydrogens is 446 g/mol. The summed E-state index contributed by atoms with van der Waals surface area (Å²) in [5.74, 6) is -3.00. The van der Waals surface area contributed by atoms with Crippen LogP contribution < -0.4 is 0 Å². The number of nitrogens with zero attached hydrogens (tertiary/aromatic N) is 1. The quantitative estimate of drug-likeness (QED) is 0.224. The summed E-state index contributed by atoms with van der Waals surface area (Å²) in [6.07, 6.45) is 0.898. The number of rotatable bonds is 14. The van der Waals surface area contributed by atoms with Crippen LogP contribution in [-0.2, 0) is 33.4 Å². The molecule has 0 spiro atoms. The van der Waals surface area contributed by atoms with Crippen LogP contribution in [0.2, 0.25) is 0 Å². The van der Waals surface area contributed by atoms with Crippen molar-refractivity contribution >= 4 is 29.5 Å². The standard InChI is InChI=1S/C24H37NO9/c1-15(2)21-24(4,5)34-23(31)25(21)22(30)20(32-6)19(33-16(3)27)18(29)13-12-17(28)11-9-7-8-10-14-26/h12-13,15,19-21,26H,7-11,14H2,1-6H3/t19-,20+,21+/m1/s1. The first-order valence-corrected chi connectivity index (χ1v) is 11.5. The van der Waals surface area contributed by atoms with E-state index >= 15 is 0 Å². The lowest BCUT2D eigenvalue weighted by Gasteiger charge is -2.33. The Labute approximate surface area is 200 Å². The van der Waals surface area contributed by atoms with Gasteiger partial charge >= 0.3 is 12.1 Å². The number of ether oxygens (including phenoxy) is 3. The van der Waals surface area contributed by atoms with E-state index in [4.69, 9.17) is 19.3 Å². The number of amides is 2. The van der Waals surface area contributed by atoms with Gasteiger partial charge in [0.15, 0.2) is 23.8 Å². The van der Waals surface area contributed by atoms with Crippen molar-refractivity contribution in [3.8, 4) is 0 Å². The third-order valence-electron chi connectivity index (χ3n) is 5.52. The summed E-state index contributed by atoms with van der Waals surface area (Å²) >= 11 is 0. The molecule has 0 unspecified atom stereocenters. The molecule has 1 fully saturated rings. The van der Waals surface area contributed by atoms with E-state index in [1.165, 1.54) is 0 Å². The van der Waals surface area contributed by atoms with E-state index < -0.39 is 47.6 Å². The summed E-state index contributed by atoms with van der Waals surface area (Å²) in [6.45, 7) is 8.18. The monoisotopic (exact) mass is 483 g/mol. The molecule has 10 nitrogen and oxygen atoms in total.